The van der Waals surface area contributed by atoms with Crippen LogP contribution in [0.4, 0.5) is 5.00 Å². The molecule has 26 heavy (non-hydrogen) atoms. The number of carbonyl (C=O) groups is 1. The third kappa shape index (κ3) is 3.97. The van der Waals surface area contributed by atoms with Crippen LogP contribution in [-0.4, -0.2) is 33.9 Å². The van der Waals surface area contributed by atoms with Gasteiger partial charge < -0.3 is 0 Å². The molecule has 0 bridgehead atoms. The Hall–Kier alpha value is -3.00. The number of azide groups is 1. The maximum atomic E-state index is 12.9. The molecule has 0 spiro atoms. The maximum Gasteiger partial charge on any atom is 0.260 e. The number of aromatic nitrogens is 3. The molecule has 130 valence electrons. The molecule has 0 aliphatic carbocycles. The van der Waals surface area contributed by atoms with Gasteiger partial charge in [-0.15, -0.1) is 0 Å². The first-order chi connectivity index (χ1) is 12.7. The number of rotatable bonds is 6. The van der Waals surface area contributed by atoms with E-state index in [2.05, 4.69) is 25.0 Å². The molecule has 3 aromatic rings. The molecule has 0 aromatic carbocycles. The van der Waals surface area contributed by atoms with E-state index in [-0.39, 0.29) is 24.1 Å². The molecule has 8 nitrogen and oxygen atoms in total. The van der Waals surface area contributed by atoms with Crippen LogP contribution in [0.3, 0.4) is 0 Å². The van der Waals surface area contributed by atoms with Crippen molar-refractivity contribution in [2.24, 2.45) is 5.11 Å². The van der Waals surface area contributed by atoms with Gasteiger partial charge in [-0.1, -0.05) is 28.1 Å². The minimum atomic E-state index is -0.297. The largest absolute Gasteiger partial charge is 0.297 e. The number of hydrogen-bond donors (Lipinski definition) is 0. The number of amides is 1. The molecular weight excluding hydrogens is 374 g/mol. The quantitative estimate of drug-likeness (QED) is 0.359. The highest BCUT2D eigenvalue weighted by Gasteiger charge is 2.23. The summed E-state index contributed by atoms with van der Waals surface area (Å²) in [7, 11) is 0. The van der Waals surface area contributed by atoms with Gasteiger partial charge >= 0.3 is 0 Å². The van der Waals surface area contributed by atoms with Crippen LogP contribution in [0.2, 0.25) is 5.15 Å². The maximum absolute atomic E-state index is 12.9. The highest BCUT2D eigenvalue weighted by molar-refractivity contribution is 7.19. The van der Waals surface area contributed by atoms with E-state index < -0.39 is 0 Å². The zero-order chi connectivity index (χ0) is 18.4. The van der Waals surface area contributed by atoms with Crippen LogP contribution in [-0.2, 0) is 0 Å². The Kier molecular flexibility index (Phi) is 5.75. The van der Waals surface area contributed by atoms with E-state index in [0.29, 0.717) is 15.6 Å². The van der Waals surface area contributed by atoms with E-state index >= 15 is 0 Å². The van der Waals surface area contributed by atoms with Gasteiger partial charge in [0.1, 0.15) is 10.0 Å². The molecular formula is C16H12ClN7OS. The monoisotopic (exact) mass is 385 g/mol. The molecule has 1 amide bonds. The van der Waals surface area contributed by atoms with Crippen molar-refractivity contribution in [1.82, 2.24) is 15.0 Å². The molecule has 0 N–H and O–H groups in total. The van der Waals surface area contributed by atoms with Crippen molar-refractivity contribution in [1.29, 1.82) is 0 Å². The van der Waals surface area contributed by atoms with Crippen LogP contribution < -0.4 is 4.90 Å². The predicted octanol–water partition coefficient (Wildman–Crippen LogP) is 4.21. The van der Waals surface area contributed by atoms with Gasteiger partial charge in [0.15, 0.2) is 5.15 Å². The second-order valence-electron chi connectivity index (χ2n) is 5.01. The summed E-state index contributed by atoms with van der Waals surface area (Å²) in [6, 6.07) is 6.99. The lowest BCUT2D eigenvalue weighted by molar-refractivity contribution is 0.0988. The summed E-state index contributed by atoms with van der Waals surface area (Å²) in [6.07, 6.45) is 6.39. The molecule has 0 radical (unpaired) electrons. The van der Waals surface area contributed by atoms with Crippen molar-refractivity contribution >= 4 is 33.8 Å². The van der Waals surface area contributed by atoms with Crippen LogP contribution in [0.25, 0.3) is 21.0 Å². The summed E-state index contributed by atoms with van der Waals surface area (Å²) < 4.78 is 0. The summed E-state index contributed by atoms with van der Waals surface area (Å²) in [5, 5.41) is 4.83. The third-order valence-electron chi connectivity index (χ3n) is 3.36. The average molecular weight is 386 g/mol. The van der Waals surface area contributed by atoms with Gasteiger partial charge in [0, 0.05) is 48.4 Å². The van der Waals surface area contributed by atoms with Gasteiger partial charge in [-0.3, -0.25) is 19.7 Å². The Morgan fingerprint density at radius 2 is 2.04 bits per heavy atom. The Bertz CT molecular complexity index is 942. The van der Waals surface area contributed by atoms with Crippen molar-refractivity contribution in [3.63, 3.8) is 0 Å². The zero-order valence-corrected chi connectivity index (χ0v) is 14.9. The Labute approximate surface area is 157 Å². The minimum absolute atomic E-state index is 0.110. The smallest absolute Gasteiger partial charge is 0.260 e. The fourth-order valence-corrected chi connectivity index (χ4v) is 3.53. The molecule has 3 rings (SSSR count). The first-order valence-corrected chi connectivity index (χ1v) is 8.69. The molecule has 0 aliphatic rings. The van der Waals surface area contributed by atoms with E-state index in [4.69, 9.17) is 17.1 Å². The number of pyridine rings is 2. The highest BCUT2D eigenvalue weighted by Crippen LogP contribution is 2.38. The number of hydrogen-bond acceptors (Lipinski definition) is 6. The van der Waals surface area contributed by atoms with Crippen molar-refractivity contribution in [2.75, 3.05) is 18.0 Å². The summed E-state index contributed by atoms with van der Waals surface area (Å²) in [4.78, 5) is 29.5. The second kappa shape index (κ2) is 8.39. The van der Waals surface area contributed by atoms with Crippen molar-refractivity contribution in [2.45, 2.75) is 0 Å². The molecule has 0 aliphatic heterocycles. The average Bonchev–Trinajstić information content (AvgIpc) is 3.08. The van der Waals surface area contributed by atoms with Crippen molar-refractivity contribution in [3.05, 3.63) is 70.2 Å². The number of carbonyl (C=O) groups excluding carboxylic acids is 1. The highest BCUT2D eigenvalue weighted by atomic mass is 35.5. The Balaban J connectivity index is 1.98. The van der Waals surface area contributed by atoms with Crippen molar-refractivity contribution in [3.8, 4) is 10.6 Å². The topological polar surface area (TPSA) is 108 Å². The van der Waals surface area contributed by atoms with Crippen molar-refractivity contribution < 1.29 is 4.79 Å². The first-order valence-electron chi connectivity index (χ1n) is 7.50. The molecule has 0 atom stereocenters. The molecule has 0 saturated carbocycles. The molecule has 0 fully saturated rings. The summed E-state index contributed by atoms with van der Waals surface area (Å²) in [5.74, 6) is -0.297. The SMILES string of the molecule is [N-]=[N+]=NCCN(C(=O)c1cccnc1)c1sc(-c2cccnc2)nc1Cl. The molecule has 0 unspecified atom stereocenters. The van der Waals surface area contributed by atoms with E-state index in [9.17, 15) is 4.79 Å². The number of halogens is 1. The normalized spacial score (nSPS) is 10.2. The van der Waals surface area contributed by atoms with Crippen LogP contribution in [0.15, 0.2) is 54.2 Å². The summed E-state index contributed by atoms with van der Waals surface area (Å²) >= 11 is 7.57. The summed E-state index contributed by atoms with van der Waals surface area (Å²) in [5.41, 5.74) is 9.72. The third-order valence-corrected chi connectivity index (χ3v) is 4.87. The first kappa shape index (κ1) is 17.8. The van der Waals surface area contributed by atoms with Gasteiger partial charge in [0.05, 0.1) is 5.56 Å². The van der Waals surface area contributed by atoms with Gasteiger partial charge in [-0.25, -0.2) is 4.98 Å². The van der Waals surface area contributed by atoms with E-state index in [0.717, 1.165) is 5.56 Å². The number of thiazole rings is 1. The minimum Gasteiger partial charge on any atom is -0.297 e. The molecule has 0 saturated heterocycles. The zero-order valence-electron chi connectivity index (χ0n) is 13.4. The molecule has 10 heteroatoms. The Morgan fingerprint density at radius 1 is 1.27 bits per heavy atom. The lowest BCUT2D eigenvalue weighted by Gasteiger charge is -2.20. The molecule has 3 aromatic heterocycles. The van der Waals surface area contributed by atoms with Crippen LogP contribution in [0.1, 0.15) is 10.4 Å². The standard InChI is InChI=1S/C16H12ClN7OS/c17-13-16(26-14(22-13)11-3-1-5-19-9-11)24(8-7-21-23-18)15(25)12-4-2-6-20-10-12/h1-6,9-10H,7-8H2. The van der Waals surface area contributed by atoms with Gasteiger partial charge in [-0.05, 0) is 29.8 Å². The van der Waals surface area contributed by atoms with Crippen LogP contribution in [0.5, 0.6) is 0 Å². The van der Waals surface area contributed by atoms with E-state index in [1.165, 1.54) is 22.4 Å². The number of nitrogens with zero attached hydrogens (tertiary/aromatic N) is 7. The second-order valence-corrected chi connectivity index (χ2v) is 6.35. The van der Waals surface area contributed by atoms with E-state index in [1.807, 2.05) is 6.07 Å². The molecule has 3 heterocycles. The fraction of sp³-hybridized carbons (Fsp3) is 0.125. The lowest BCUT2D eigenvalue weighted by Crippen LogP contribution is -2.32. The predicted molar refractivity (Wildman–Crippen MR) is 100 cm³/mol. The summed E-state index contributed by atoms with van der Waals surface area (Å²) in [6.45, 7) is 0.283. The fourth-order valence-electron chi connectivity index (χ4n) is 2.20. The van der Waals surface area contributed by atoms with Gasteiger partial charge in [0.2, 0.25) is 0 Å². The lowest BCUT2D eigenvalue weighted by atomic mass is 10.2. The van der Waals surface area contributed by atoms with E-state index in [1.54, 1.807) is 36.8 Å². The van der Waals surface area contributed by atoms with Gasteiger partial charge in [0.25, 0.3) is 5.91 Å². The van der Waals surface area contributed by atoms with Crippen LogP contribution >= 0.6 is 22.9 Å². The van der Waals surface area contributed by atoms with Crippen LogP contribution in [0, 0.1) is 0 Å². The Morgan fingerprint density at radius 3 is 2.69 bits per heavy atom. The number of anilines is 1. The van der Waals surface area contributed by atoms with Gasteiger partial charge in [-0.2, -0.15) is 0 Å².